The van der Waals surface area contributed by atoms with Gasteiger partial charge in [0.15, 0.2) is 5.22 Å². The van der Waals surface area contributed by atoms with Crippen LogP contribution in [0.4, 0.5) is 0 Å². The maximum Gasteiger partial charge on any atom is 0.192 e. The number of ether oxygens (including phenoxy) is 2. The lowest BCUT2D eigenvalue weighted by molar-refractivity contribution is 0.317. The minimum Gasteiger partial charge on any atom is -0.497 e. The van der Waals surface area contributed by atoms with Gasteiger partial charge >= 0.3 is 0 Å². The van der Waals surface area contributed by atoms with E-state index in [9.17, 15) is 0 Å². The van der Waals surface area contributed by atoms with Gasteiger partial charge in [-0.1, -0.05) is 25.1 Å². The van der Waals surface area contributed by atoms with Gasteiger partial charge in [0.05, 0.1) is 21.5 Å². The maximum atomic E-state index is 6.54. The van der Waals surface area contributed by atoms with Gasteiger partial charge < -0.3 is 9.47 Å². The second-order valence-corrected chi connectivity index (χ2v) is 6.91. The Morgan fingerprint density at radius 3 is 2.11 bits per heavy atom. The highest BCUT2D eigenvalue weighted by Gasteiger charge is 2.21. The normalized spacial score (nSPS) is 14.2. The number of methoxy groups -OCH3 is 2. The molecule has 18 heavy (non-hydrogen) atoms. The second kappa shape index (κ2) is 7.23. The van der Waals surface area contributed by atoms with Gasteiger partial charge in [-0.3, -0.25) is 0 Å². The van der Waals surface area contributed by atoms with E-state index in [-0.39, 0.29) is 5.92 Å². The predicted octanol–water partition coefficient (Wildman–Crippen LogP) is 4.67. The van der Waals surface area contributed by atoms with Crippen molar-refractivity contribution >= 4 is 35.4 Å². The Balaban J connectivity index is 3.06. The summed E-state index contributed by atoms with van der Waals surface area (Å²) < 4.78 is 10.2. The first kappa shape index (κ1) is 15.6. The van der Waals surface area contributed by atoms with Crippen LogP contribution in [0, 0.1) is 5.92 Å². The molecule has 2 nitrogen and oxygen atoms in total. The quantitative estimate of drug-likeness (QED) is 0.581. The van der Waals surface area contributed by atoms with Crippen LogP contribution in [-0.2, 0) is 4.74 Å². The Morgan fingerprint density at radius 1 is 1.17 bits per heavy atom. The zero-order valence-corrected chi connectivity index (χ0v) is 13.3. The molecule has 0 aromatic heterocycles. The largest absolute Gasteiger partial charge is 0.497 e. The first-order valence-electron chi connectivity index (χ1n) is 5.54. The molecule has 1 aromatic carbocycles. The number of hydrogen-bond donors (Lipinski definition) is 0. The molecular weight excluding hydrogens is 290 g/mol. The van der Waals surface area contributed by atoms with Crippen molar-refractivity contribution in [3.05, 3.63) is 34.8 Å². The summed E-state index contributed by atoms with van der Waals surface area (Å²) in [6.45, 7) is 4.11. The monoisotopic (exact) mass is 306 g/mol. The van der Waals surface area contributed by atoms with Crippen LogP contribution in [0.3, 0.4) is 0 Å². The summed E-state index contributed by atoms with van der Waals surface area (Å²) in [7, 11) is 2.19. The number of halogens is 2. The standard InChI is InChI=1S/C13H17Cl2O2P/c1-9(2)12(13(14)17-4)18(15)11-7-5-10(16-3)6-8-11/h5-9H,1-4H3/b13-12-. The van der Waals surface area contributed by atoms with Crippen molar-refractivity contribution in [1.82, 2.24) is 0 Å². The second-order valence-electron chi connectivity index (χ2n) is 4.00. The van der Waals surface area contributed by atoms with E-state index in [4.69, 9.17) is 32.3 Å². The summed E-state index contributed by atoms with van der Waals surface area (Å²) in [5.74, 6) is 1.05. The van der Waals surface area contributed by atoms with Crippen LogP contribution in [0.15, 0.2) is 34.8 Å². The lowest BCUT2D eigenvalue weighted by Gasteiger charge is -2.19. The van der Waals surface area contributed by atoms with Crippen LogP contribution in [-0.4, -0.2) is 14.2 Å². The predicted molar refractivity (Wildman–Crippen MR) is 80.1 cm³/mol. The molecule has 0 aliphatic carbocycles. The Hall–Kier alpha value is -0.430. The molecule has 0 saturated heterocycles. The van der Waals surface area contributed by atoms with Gasteiger partial charge in [-0.2, -0.15) is 0 Å². The Labute approximate surface area is 119 Å². The molecule has 5 heteroatoms. The fourth-order valence-electron chi connectivity index (χ4n) is 1.49. The van der Waals surface area contributed by atoms with E-state index in [1.165, 1.54) is 0 Å². The van der Waals surface area contributed by atoms with Gasteiger partial charge in [0, 0.05) is 5.31 Å². The van der Waals surface area contributed by atoms with E-state index in [0.717, 1.165) is 16.4 Å². The first-order chi connectivity index (χ1) is 8.51. The molecule has 1 aromatic rings. The smallest absolute Gasteiger partial charge is 0.192 e. The van der Waals surface area contributed by atoms with Crippen LogP contribution in [0.5, 0.6) is 5.75 Å². The van der Waals surface area contributed by atoms with Crippen molar-refractivity contribution < 1.29 is 9.47 Å². The number of allylic oxidation sites excluding steroid dienone is 1. The Morgan fingerprint density at radius 2 is 1.72 bits per heavy atom. The van der Waals surface area contributed by atoms with Crippen LogP contribution in [0.2, 0.25) is 0 Å². The van der Waals surface area contributed by atoms with Gasteiger partial charge in [-0.15, -0.1) is 0 Å². The summed E-state index contributed by atoms with van der Waals surface area (Å²) in [6.07, 6.45) is 0. The zero-order chi connectivity index (χ0) is 13.7. The highest BCUT2D eigenvalue weighted by atomic mass is 35.7. The molecule has 0 N–H and O–H groups in total. The van der Waals surface area contributed by atoms with Crippen LogP contribution in [0.1, 0.15) is 13.8 Å². The van der Waals surface area contributed by atoms with Crippen molar-refractivity contribution in [3.8, 4) is 5.75 Å². The zero-order valence-electron chi connectivity index (χ0n) is 10.9. The van der Waals surface area contributed by atoms with Crippen molar-refractivity contribution in [3.63, 3.8) is 0 Å². The highest BCUT2D eigenvalue weighted by Crippen LogP contribution is 2.54. The molecule has 0 spiro atoms. The van der Waals surface area contributed by atoms with Crippen molar-refractivity contribution in [2.45, 2.75) is 13.8 Å². The third-order valence-electron chi connectivity index (χ3n) is 2.44. The third kappa shape index (κ3) is 3.78. The lowest BCUT2D eigenvalue weighted by atomic mass is 10.2. The average molecular weight is 307 g/mol. The molecule has 0 heterocycles. The summed E-state index contributed by atoms with van der Waals surface area (Å²) in [5, 5.41) is 2.37. The molecule has 0 bridgehead atoms. The molecule has 1 rings (SSSR count). The van der Waals surface area contributed by atoms with Gasteiger partial charge in [-0.25, -0.2) is 0 Å². The molecule has 0 aliphatic rings. The molecule has 100 valence electrons. The van der Waals surface area contributed by atoms with Gasteiger partial charge in [0.2, 0.25) is 0 Å². The molecule has 0 aliphatic heterocycles. The van der Waals surface area contributed by atoms with Crippen molar-refractivity contribution in [1.29, 1.82) is 0 Å². The van der Waals surface area contributed by atoms with Crippen LogP contribution >= 0.6 is 30.1 Å². The fraction of sp³-hybridized carbons (Fsp3) is 0.385. The fourth-order valence-corrected chi connectivity index (χ4v) is 4.63. The van der Waals surface area contributed by atoms with E-state index >= 15 is 0 Å². The van der Waals surface area contributed by atoms with Gasteiger partial charge in [0.1, 0.15) is 5.75 Å². The Kier molecular flexibility index (Phi) is 6.28. The third-order valence-corrected chi connectivity index (χ3v) is 5.95. The summed E-state index contributed by atoms with van der Waals surface area (Å²) in [6, 6.07) is 7.71. The number of benzene rings is 1. The molecule has 0 amide bonds. The van der Waals surface area contributed by atoms with Crippen LogP contribution < -0.4 is 10.0 Å². The van der Waals surface area contributed by atoms with E-state index in [0.29, 0.717) is 5.22 Å². The average Bonchev–Trinajstić information content (AvgIpc) is 2.38. The first-order valence-corrected chi connectivity index (χ1v) is 8.17. The number of hydrogen-bond acceptors (Lipinski definition) is 2. The van der Waals surface area contributed by atoms with E-state index in [1.807, 2.05) is 24.3 Å². The topological polar surface area (TPSA) is 18.5 Å². The van der Waals surface area contributed by atoms with Crippen LogP contribution in [0.25, 0.3) is 0 Å². The van der Waals surface area contributed by atoms with Gasteiger partial charge in [0.25, 0.3) is 0 Å². The molecule has 0 radical (unpaired) electrons. The van der Waals surface area contributed by atoms with Gasteiger partial charge in [-0.05, 0) is 47.1 Å². The molecular formula is C13H17Cl2O2P. The minimum absolute atomic E-state index is 0.239. The van der Waals surface area contributed by atoms with E-state index < -0.39 is 7.27 Å². The van der Waals surface area contributed by atoms with Crippen molar-refractivity contribution in [2.75, 3.05) is 14.2 Å². The minimum atomic E-state index is -1.00. The van der Waals surface area contributed by atoms with E-state index in [1.54, 1.807) is 14.2 Å². The molecule has 0 fully saturated rings. The molecule has 0 saturated carbocycles. The summed E-state index contributed by atoms with van der Waals surface area (Å²) in [5.41, 5.74) is 0. The Bertz CT molecular complexity index is 416. The van der Waals surface area contributed by atoms with Crippen molar-refractivity contribution in [2.24, 2.45) is 5.92 Å². The maximum absolute atomic E-state index is 6.54. The van der Waals surface area contributed by atoms with E-state index in [2.05, 4.69) is 13.8 Å². The summed E-state index contributed by atoms with van der Waals surface area (Å²) >= 11 is 12.6. The summed E-state index contributed by atoms with van der Waals surface area (Å²) in [4.78, 5) is 0. The lowest BCUT2D eigenvalue weighted by Crippen LogP contribution is -2.04. The SMILES string of the molecule is CO/C(Cl)=C(/C(C)C)P(Cl)c1ccc(OC)cc1. The number of rotatable bonds is 5. The molecule has 1 unspecified atom stereocenters. The highest BCUT2D eigenvalue weighted by molar-refractivity contribution is 7.93. The molecule has 1 atom stereocenters.